The summed E-state index contributed by atoms with van der Waals surface area (Å²) >= 11 is 1.54. The number of rotatable bonds is 4. The molecule has 6 heteroatoms. The van der Waals surface area contributed by atoms with E-state index >= 15 is 0 Å². The van der Waals surface area contributed by atoms with E-state index in [0.29, 0.717) is 16.3 Å². The summed E-state index contributed by atoms with van der Waals surface area (Å²) in [5.74, 6) is 0.700. The summed E-state index contributed by atoms with van der Waals surface area (Å²) in [6, 6.07) is 17.4. The molecule has 2 aromatic carbocycles. The summed E-state index contributed by atoms with van der Waals surface area (Å²) in [4.78, 5) is 17.1. The average Bonchev–Trinajstić information content (AvgIpc) is 3.13. The van der Waals surface area contributed by atoms with Gasteiger partial charge in [-0.05, 0) is 24.3 Å². The molecule has 0 aliphatic heterocycles. The largest absolute Gasteiger partial charge is 0.290 e. The van der Waals surface area contributed by atoms with Crippen LogP contribution < -0.4 is 5.56 Å². The number of para-hydroxylation sites is 2. The Kier molecular flexibility index (Phi) is 4.11. The van der Waals surface area contributed by atoms with E-state index in [-0.39, 0.29) is 5.56 Å². The number of thioether (sulfide) groups is 1. The van der Waals surface area contributed by atoms with Crippen molar-refractivity contribution in [1.82, 2.24) is 19.3 Å². The zero-order valence-electron chi connectivity index (χ0n) is 13.7. The summed E-state index contributed by atoms with van der Waals surface area (Å²) in [5, 5.41) is 5.75. The van der Waals surface area contributed by atoms with Crippen LogP contribution in [0.4, 0.5) is 0 Å². The van der Waals surface area contributed by atoms with Crippen LogP contribution in [-0.2, 0) is 12.8 Å². The molecule has 4 aromatic rings. The van der Waals surface area contributed by atoms with Gasteiger partial charge in [0.2, 0.25) is 0 Å². The Morgan fingerprint density at radius 3 is 2.64 bits per heavy atom. The van der Waals surface area contributed by atoms with Gasteiger partial charge in [0.05, 0.1) is 22.8 Å². The average molecular weight is 348 g/mol. The van der Waals surface area contributed by atoms with Gasteiger partial charge < -0.3 is 0 Å². The van der Waals surface area contributed by atoms with Crippen LogP contribution in [0.25, 0.3) is 16.6 Å². The molecule has 0 saturated heterocycles. The first kappa shape index (κ1) is 15.7. The van der Waals surface area contributed by atoms with Crippen LogP contribution in [0.3, 0.4) is 0 Å². The molecule has 25 heavy (non-hydrogen) atoms. The van der Waals surface area contributed by atoms with Crippen molar-refractivity contribution in [2.24, 2.45) is 7.05 Å². The maximum absolute atomic E-state index is 12.4. The predicted molar refractivity (Wildman–Crippen MR) is 100 cm³/mol. The van der Waals surface area contributed by atoms with Crippen LogP contribution in [0.5, 0.6) is 0 Å². The van der Waals surface area contributed by atoms with E-state index in [2.05, 4.69) is 10.1 Å². The highest BCUT2D eigenvalue weighted by molar-refractivity contribution is 7.98. The molecule has 4 rings (SSSR count). The second-order valence-electron chi connectivity index (χ2n) is 5.69. The van der Waals surface area contributed by atoms with Crippen molar-refractivity contribution in [3.8, 4) is 5.69 Å². The fourth-order valence-corrected chi connectivity index (χ4v) is 3.52. The maximum atomic E-state index is 12.4. The third-order valence-corrected chi connectivity index (χ3v) is 5.07. The van der Waals surface area contributed by atoms with Crippen LogP contribution >= 0.6 is 11.8 Å². The monoisotopic (exact) mass is 348 g/mol. The number of benzene rings is 2. The lowest BCUT2D eigenvalue weighted by molar-refractivity contribution is 0.726. The SMILES string of the molecule is Cn1c(SCc2cnn(-c3ccccc3)c2)nc2ccccc2c1=O. The van der Waals surface area contributed by atoms with Crippen molar-refractivity contribution in [2.75, 3.05) is 0 Å². The molecule has 124 valence electrons. The Hall–Kier alpha value is -2.86. The Bertz CT molecular complexity index is 1090. The van der Waals surface area contributed by atoms with Crippen LogP contribution in [0.1, 0.15) is 5.56 Å². The molecule has 0 aliphatic carbocycles. The fourth-order valence-electron chi connectivity index (χ4n) is 2.63. The van der Waals surface area contributed by atoms with Gasteiger partial charge in [-0.1, -0.05) is 42.1 Å². The van der Waals surface area contributed by atoms with Gasteiger partial charge in [0.15, 0.2) is 5.16 Å². The van der Waals surface area contributed by atoms with Gasteiger partial charge in [-0.3, -0.25) is 9.36 Å². The highest BCUT2D eigenvalue weighted by Crippen LogP contribution is 2.21. The van der Waals surface area contributed by atoms with Crippen molar-refractivity contribution >= 4 is 22.7 Å². The minimum atomic E-state index is -0.0203. The minimum Gasteiger partial charge on any atom is -0.290 e. The lowest BCUT2D eigenvalue weighted by Crippen LogP contribution is -2.19. The number of hydrogen-bond acceptors (Lipinski definition) is 4. The Labute approximate surface area is 148 Å². The molecule has 0 unspecified atom stereocenters. The number of hydrogen-bond donors (Lipinski definition) is 0. The van der Waals surface area contributed by atoms with Gasteiger partial charge in [0.1, 0.15) is 0 Å². The number of nitrogens with zero attached hydrogens (tertiary/aromatic N) is 4. The Morgan fingerprint density at radius 1 is 1.04 bits per heavy atom. The molecular weight excluding hydrogens is 332 g/mol. The molecule has 0 spiro atoms. The maximum Gasteiger partial charge on any atom is 0.261 e. The molecule has 2 aromatic heterocycles. The quantitative estimate of drug-likeness (QED) is 0.419. The molecule has 0 aliphatic rings. The van der Waals surface area contributed by atoms with E-state index in [9.17, 15) is 4.79 Å². The van der Waals surface area contributed by atoms with E-state index in [1.54, 1.807) is 11.6 Å². The Morgan fingerprint density at radius 2 is 1.80 bits per heavy atom. The lowest BCUT2D eigenvalue weighted by Gasteiger charge is -2.07. The molecule has 5 nitrogen and oxygen atoms in total. The van der Waals surface area contributed by atoms with Crippen molar-refractivity contribution < 1.29 is 0 Å². The van der Waals surface area contributed by atoms with Crippen molar-refractivity contribution in [3.63, 3.8) is 0 Å². The number of aromatic nitrogens is 4. The predicted octanol–water partition coefficient (Wildman–Crippen LogP) is 3.41. The van der Waals surface area contributed by atoms with Crippen molar-refractivity contribution in [2.45, 2.75) is 10.9 Å². The van der Waals surface area contributed by atoms with Crippen LogP contribution in [-0.4, -0.2) is 19.3 Å². The van der Waals surface area contributed by atoms with E-state index < -0.39 is 0 Å². The normalized spacial score (nSPS) is 11.1. The molecule has 2 heterocycles. The van der Waals surface area contributed by atoms with Gasteiger partial charge in [0, 0.05) is 24.6 Å². The summed E-state index contributed by atoms with van der Waals surface area (Å²) in [5.41, 5.74) is 2.81. The summed E-state index contributed by atoms with van der Waals surface area (Å²) in [6.45, 7) is 0. The molecule has 0 fully saturated rings. The third kappa shape index (κ3) is 3.08. The van der Waals surface area contributed by atoms with E-state index in [1.807, 2.05) is 71.7 Å². The van der Waals surface area contributed by atoms with E-state index in [0.717, 1.165) is 16.8 Å². The van der Waals surface area contributed by atoms with Gasteiger partial charge in [-0.2, -0.15) is 5.10 Å². The number of fused-ring (bicyclic) bond motifs is 1. The molecule has 0 bridgehead atoms. The van der Waals surface area contributed by atoms with Gasteiger partial charge in [-0.15, -0.1) is 0 Å². The second kappa shape index (κ2) is 6.57. The first-order valence-corrected chi connectivity index (χ1v) is 8.88. The highest BCUT2D eigenvalue weighted by atomic mass is 32.2. The van der Waals surface area contributed by atoms with E-state index in [1.165, 1.54) is 11.8 Å². The summed E-state index contributed by atoms with van der Waals surface area (Å²) in [7, 11) is 1.76. The molecule has 0 amide bonds. The van der Waals surface area contributed by atoms with Crippen LogP contribution in [0.15, 0.2) is 76.9 Å². The zero-order valence-corrected chi connectivity index (χ0v) is 14.5. The van der Waals surface area contributed by atoms with Crippen LogP contribution in [0.2, 0.25) is 0 Å². The molecular formula is C19H16N4OS. The first-order valence-electron chi connectivity index (χ1n) is 7.90. The molecule has 0 saturated carbocycles. The second-order valence-corrected chi connectivity index (χ2v) is 6.64. The molecule has 0 atom stereocenters. The Balaban J connectivity index is 1.58. The fraction of sp³-hybridized carbons (Fsp3) is 0.105. The van der Waals surface area contributed by atoms with Gasteiger partial charge in [-0.25, -0.2) is 9.67 Å². The molecule has 0 radical (unpaired) electrons. The molecule has 0 N–H and O–H groups in total. The van der Waals surface area contributed by atoms with E-state index in [4.69, 9.17) is 0 Å². The summed E-state index contributed by atoms with van der Waals surface area (Å²) in [6.07, 6.45) is 3.85. The summed E-state index contributed by atoms with van der Waals surface area (Å²) < 4.78 is 3.46. The third-order valence-electron chi connectivity index (χ3n) is 3.97. The zero-order chi connectivity index (χ0) is 17.2. The van der Waals surface area contributed by atoms with Crippen LogP contribution in [0, 0.1) is 0 Å². The first-order chi connectivity index (χ1) is 12.2. The van der Waals surface area contributed by atoms with Gasteiger partial charge in [0.25, 0.3) is 5.56 Å². The standard InChI is InChI=1S/C19H16N4OS/c1-22-18(24)16-9-5-6-10-17(16)21-19(22)25-13-14-11-20-23(12-14)15-7-3-2-4-8-15/h2-12H,13H2,1H3. The van der Waals surface area contributed by atoms with Crippen molar-refractivity contribution in [3.05, 3.63) is 82.9 Å². The topological polar surface area (TPSA) is 52.7 Å². The smallest absolute Gasteiger partial charge is 0.261 e. The van der Waals surface area contributed by atoms with Gasteiger partial charge >= 0.3 is 0 Å². The van der Waals surface area contributed by atoms with Crippen molar-refractivity contribution in [1.29, 1.82) is 0 Å². The minimum absolute atomic E-state index is 0.0203. The highest BCUT2D eigenvalue weighted by Gasteiger charge is 2.09. The lowest BCUT2D eigenvalue weighted by atomic mass is 10.2.